The van der Waals surface area contributed by atoms with E-state index < -0.39 is 0 Å². The van der Waals surface area contributed by atoms with Gasteiger partial charge in [0.05, 0.1) is 7.11 Å². The van der Waals surface area contributed by atoms with Crippen LogP contribution in [0.3, 0.4) is 0 Å². The molecule has 0 saturated heterocycles. The normalized spacial score (nSPS) is 12.8. The number of ether oxygens (including phenoxy) is 1. The number of nitrogens with one attached hydrogen (secondary N) is 1. The second-order valence-corrected chi connectivity index (χ2v) is 4.74. The van der Waals surface area contributed by atoms with Gasteiger partial charge in [0.15, 0.2) is 0 Å². The number of hydrogen-bond acceptors (Lipinski definition) is 2. The van der Waals surface area contributed by atoms with E-state index in [0.717, 1.165) is 24.3 Å². The Kier molecular flexibility index (Phi) is 5.42. The summed E-state index contributed by atoms with van der Waals surface area (Å²) in [6.07, 6.45) is 1.11. The van der Waals surface area contributed by atoms with Crippen molar-refractivity contribution in [1.82, 2.24) is 5.32 Å². The lowest BCUT2D eigenvalue weighted by molar-refractivity contribution is 0.398. The van der Waals surface area contributed by atoms with Crippen LogP contribution in [0.15, 0.2) is 18.2 Å². The molecule has 0 bridgehead atoms. The molecule has 96 valence electrons. The lowest BCUT2D eigenvalue weighted by Crippen LogP contribution is -2.21. The number of methoxy groups -OCH3 is 1. The summed E-state index contributed by atoms with van der Waals surface area (Å²) in [5, 5.41) is 3.39. The fourth-order valence-electron chi connectivity index (χ4n) is 1.74. The van der Waals surface area contributed by atoms with Gasteiger partial charge in [-0.3, -0.25) is 0 Å². The second kappa shape index (κ2) is 6.60. The molecule has 17 heavy (non-hydrogen) atoms. The van der Waals surface area contributed by atoms with Crippen molar-refractivity contribution in [2.24, 2.45) is 5.92 Å². The van der Waals surface area contributed by atoms with Crippen LogP contribution in [0.5, 0.6) is 5.75 Å². The van der Waals surface area contributed by atoms with Crippen molar-refractivity contribution in [2.75, 3.05) is 13.7 Å². The molecule has 0 aromatic heterocycles. The van der Waals surface area contributed by atoms with Crippen LogP contribution in [-0.4, -0.2) is 13.7 Å². The lowest BCUT2D eigenvalue weighted by Gasteiger charge is -2.18. The summed E-state index contributed by atoms with van der Waals surface area (Å²) in [4.78, 5) is 0. The zero-order chi connectivity index (χ0) is 12.8. The maximum atomic E-state index is 13.2. The summed E-state index contributed by atoms with van der Waals surface area (Å²) in [7, 11) is 1.61. The minimum atomic E-state index is -0.224. The average molecular weight is 239 g/mol. The van der Waals surface area contributed by atoms with Gasteiger partial charge in [-0.2, -0.15) is 0 Å². The molecule has 1 atom stereocenters. The molecule has 0 fully saturated rings. The number of halogens is 1. The van der Waals surface area contributed by atoms with Crippen LogP contribution in [0, 0.1) is 11.7 Å². The molecule has 1 aromatic carbocycles. The van der Waals surface area contributed by atoms with Crippen LogP contribution in [0.25, 0.3) is 0 Å². The molecular weight excluding hydrogens is 217 g/mol. The van der Waals surface area contributed by atoms with Crippen molar-refractivity contribution in [3.8, 4) is 5.75 Å². The Morgan fingerprint density at radius 1 is 1.29 bits per heavy atom. The van der Waals surface area contributed by atoms with E-state index in [0.29, 0.717) is 5.92 Å². The van der Waals surface area contributed by atoms with Gasteiger partial charge < -0.3 is 10.1 Å². The molecule has 0 saturated carbocycles. The van der Waals surface area contributed by atoms with Crippen LogP contribution in [0.2, 0.25) is 0 Å². The monoisotopic (exact) mass is 239 g/mol. The minimum Gasteiger partial charge on any atom is -0.496 e. The molecule has 1 unspecified atom stereocenters. The van der Waals surface area contributed by atoms with Crippen molar-refractivity contribution >= 4 is 0 Å². The van der Waals surface area contributed by atoms with Crippen LogP contribution in [0.4, 0.5) is 4.39 Å². The third-order valence-corrected chi connectivity index (χ3v) is 2.83. The van der Waals surface area contributed by atoms with Gasteiger partial charge in [0, 0.05) is 11.6 Å². The molecule has 0 radical (unpaired) electrons. The van der Waals surface area contributed by atoms with E-state index in [1.807, 2.05) is 6.92 Å². The first-order valence-electron chi connectivity index (χ1n) is 6.11. The maximum Gasteiger partial charge on any atom is 0.123 e. The van der Waals surface area contributed by atoms with Crippen LogP contribution < -0.4 is 10.1 Å². The van der Waals surface area contributed by atoms with E-state index in [1.54, 1.807) is 13.2 Å². The van der Waals surface area contributed by atoms with E-state index in [1.165, 1.54) is 12.1 Å². The fourth-order valence-corrected chi connectivity index (χ4v) is 1.74. The third kappa shape index (κ3) is 4.35. The Hall–Kier alpha value is -1.09. The summed E-state index contributed by atoms with van der Waals surface area (Å²) in [5.41, 5.74) is 0.872. The Labute approximate surface area is 103 Å². The molecule has 3 heteroatoms. The van der Waals surface area contributed by atoms with Gasteiger partial charge in [-0.1, -0.05) is 13.8 Å². The number of hydrogen-bond donors (Lipinski definition) is 1. The van der Waals surface area contributed by atoms with Gasteiger partial charge in [-0.15, -0.1) is 0 Å². The zero-order valence-corrected chi connectivity index (χ0v) is 11.1. The summed E-state index contributed by atoms with van der Waals surface area (Å²) < 4.78 is 18.5. The molecule has 0 aliphatic heterocycles. The highest BCUT2D eigenvalue weighted by Gasteiger charge is 2.11. The molecule has 0 aliphatic carbocycles. The van der Waals surface area contributed by atoms with Gasteiger partial charge in [0.2, 0.25) is 0 Å². The second-order valence-electron chi connectivity index (χ2n) is 4.74. The standard InChI is InChI=1S/C14H22FNO/c1-10(2)7-8-16-11(3)13-9-12(15)5-6-14(13)17-4/h5-6,9-11,16H,7-8H2,1-4H3. The molecule has 0 spiro atoms. The largest absolute Gasteiger partial charge is 0.496 e. The SMILES string of the molecule is COc1ccc(F)cc1C(C)NCCC(C)C. The van der Waals surface area contributed by atoms with Gasteiger partial charge in [0.1, 0.15) is 11.6 Å². The summed E-state index contributed by atoms with van der Waals surface area (Å²) in [6.45, 7) is 7.33. The molecule has 0 heterocycles. The van der Waals surface area contributed by atoms with Crippen molar-refractivity contribution in [3.05, 3.63) is 29.6 Å². The quantitative estimate of drug-likeness (QED) is 0.820. The summed E-state index contributed by atoms with van der Waals surface area (Å²) in [5.74, 6) is 1.18. The summed E-state index contributed by atoms with van der Waals surface area (Å²) >= 11 is 0. The van der Waals surface area contributed by atoms with Gasteiger partial charge in [-0.05, 0) is 44.0 Å². The van der Waals surface area contributed by atoms with E-state index in [2.05, 4.69) is 19.2 Å². The predicted octanol–water partition coefficient (Wildman–Crippen LogP) is 3.53. The number of rotatable bonds is 6. The molecular formula is C14H22FNO. The van der Waals surface area contributed by atoms with Gasteiger partial charge in [-0.25, -0.2) is 4.39 Å². The van der Waals surface area contributed by atoms with E-state index in [9.17, 15) is 4.39 Å². The minimum absolute atomic E-state index is 0.0967. The highest BCUT2D eigenvalue weighted by molar-refractivity contribution is 5.36. The first-order chi connectivity index (χ1) is 8.04. The van der Waals surface area contributed by atoms with E-state index in [4.69, 9.17) is 4.74 Å². The molecule has 1 rings (SSSR count). The average Bonchev–Trinajstić information content (AvgIpc) is 2.28. The van der Waals surface area contributed by atoms with Crippen LogP contribution in [-0.2, 0) is 0 Å². The first-order valence-corrected chi connectivity index (χ1v) is 6.11. The van der Waals surface area contributed by atoms with Gasteiger partial charge >= 0.3 is 0 Å². The topological polar surface area (TPSA) is 21.3 Å². The molecule has 2 nitrogen and oxygen atoms in total. The van der Waals surface area contributed by atoms with Crippen molar-refractivity contribution in [1.29, 1.82) is 0 Å². The predicted molar refractivity (Wildman–Crippen MR) is 68.8 cm³/mol. The fraction of sp³-hybridized carbons (Fsp3) is 0.571. The Balaban J connectivity index is 2.66. The Morgan fingerprint density at radius 2 is 2.00 bits per heavy atom. The highest BCUT2D eigenvalue weighted by Crippen LogP contribution is 2.25. The molecule has 1 N–H and O–H groups in total. The van der Waals surface area contributed by atoms with Crippen molar-refractivity contribution < 1.29 is 9.13 Å². The highest BCUT2D eigenvalue weighted by atomic mass is 19.1. The molecule has 1 aromatic rings. The lowest BCUT2D eigenvalue weighted by atomic mass is 10.1. The Bertz CT molecular complexity index is 352. The molecule has 0 aliphatic rings. The van der Waals surface area contributed by atoms with Crippen LogP contribution in [0.1, 0.15) is 38.8 Å². The van der Waals surface area contributed by atoms with Crippen LogP contribution >= 0.6 is 0 Å². The first kappa shape index (κ1) is 14.0. The smallest absolute Gasteiger partial charge is 0.123 e. The zero-order valence-electron chi connectivity index (χ0n) is 11.1. The maximum absolute atomic E-state index is 13.2. The summed E-state index contributed by atoms with van der Waals surface area (Å²) in [6, 6.07) is 4.72. The molecule has 0 amide bonds. The van der Waals surface area contributed by atoms with Gasteiger partial charge in [0.25, 0.3) is 0 Å². The Morgan fingerprint density at radius 3 is 2.59 bits per heavy atom. The van der Waals surface area contributed by atoms with E-state index in [-0.39, 0.29) is 11.9 Å². The number of benzene rings is 1. The third-order valence-electron chi connectivity index (χ3n) is 2.83. The van der Waals surface area contributed by atoms with Crippen molar-refractivity contribution in [3.63, 3.8) is 0 Å². The van der Waals surface area contributed by atoms with Crippen molar-refractivity contribution in [2.45, 2.75) is 33.2 Å². The van der Waals surface area contributed by atoms with E-state index >= 15 is 0 Å².